The molecule has 2 aliphatic heterocycles. The molecule has 0 saturated carbocycles. The fourth-order valence-electron chi connectivity index (χ4n) is 4.59. The lowest BCUT2D eigenvalue weighted by Gasteiger charge is -2.36. The summed E-state index contributed by atoms with van der Waals surface area (Å²) in [6.45, 7) is 4.28. The van der Waals surface area contributed by atoms with Gasteiger partial charge in [-0.1, -0.05) is 29.8 Å². The van der Waals surface area contributed by atoms with E-state index in [4.69, 9.17) is 11.6 Å². The van der Waals surface area contributed by atoms with Gasteiger partial charge in [0.15, 0.2) is 0 Å². The van der Waals surface area contributed by atoms with Gasteiger partial charge < -0.3 is 4.90 Å². The summed E-state index contributed by atoms with van der Waals surface area (Å²) >= 11 is 6.00. The van der Waals surface area contributed by atoms with Gasteiger partial charge in [0.25, 0.3) is 0 Å². The number of nitrogens with zero attached hydrogens (tertiary/aromatic N) is 2. The van der Waals surface area contributed by atoms with E-state index < -0.39 is 27.8 Å². The molecule has 34 heavy (non-hydrogen) atoms. The van der Waals surface area contributed by atoms with Crippen LogP contribution in [0.5, 0.6) is 0 Å². The summed E-state index contributed by atoms with van der Waals surface area (Å²) in [4.78, 5) is 16.7. The standard InChI is InChI=1S/C25H25ClFN3O3S/c1-16(29-10-2-11-29)17-5-8-24(22(27)15-17)30-12-9-23(25(30)31)28-34(32,33)21-7-4-18-13-20(26)6-3-19(18)14-21/h3-8,13-16,23,28H,2,9-12H2,1H3/t16?,23-/m0/s1. The highest BCUT2D eigenvalue weighted by atomic mass is 35.5. The van der Waals surface area contributed by atoms with Crippen LogP contribution in [0.25, 0.3) is 10.8 Å². The zero-order valence-corrected chi connectivity index (χ0v) is 20.2. The number of carbonyl (C=O) groups excluding carboxylic acids is 1. The molecule has 0 aliphatic carbocycles. The number of likely N-dealkylation sites (tertiary alicyclic amines) is 1. The molecule has 1 unspecified atom stereocenters. The number of amides is 1. The number of nitrogens with one attached hydrogen (secondary N) is 1. The molecular weight excluding hydrogens is 477 g/mol. The van der Waals surface area contributed by atoms with Crippen LogP contribution in [0.3, 0.4) is 0 Å². The first kappa shape index (κ1) is 23.2. The van der Waals surface area contributed by atoms with Crippen molar-refractivity contribution in [3.8, 4) is 0 Å². The van der Waals surface area contributed by atoms with E-state index in [2.05, 4.69) is 9.62 Å². The van der Waals surface area contributed by atoms with Gasteiger partial charge in [-0.05, 0) is 85.6 Å². The number of rotatable bonds is 6. The summed E-state index contributed by atoms with van der Waals surface area (Å²) in [6, 6.07) is 14.0. The zero-order valence-electron chi connectivity index (χ0n) is 18.7. The van der Waals surface area contributed by atoms with E-state index in [1.54, 1.807) is 36.4 Å². The summed E-state index contributed by atoms with van der Waals surface area (Å²) in [5.74, 6) is -0.937. The number of halogens is 2. The van der Waals surface area contributed by atoms with E-state index in [-0.39, 0.29) is 29.6 Å². The molecule has 1 N–H and O–H groups in total. The van der Waals surface area contributed by atoms with Crippen LogP contribution in [0.15, 0.2) is 59.5 Å². The quantitative estimate of drug-likeness (QED) is 0.540. The summed E-state index contributed by atoms with van der Waals surface area (Å²) in [7, 11) is -3.95. The van der Waals surface area contributed by atoms with Crippen molar-refractivity contribution >= 4 is 44.0 Å². The molecule has 0 spiro atoms. The van der Waals surface area contributed by atoms with Crippen LogP contribution < -0.4 is 9.62 Å². The summed E-state index contributed by atoms with van der Waals surface area (Å²) < 4.78 is 43.4. The first-order valence-corrected chi connectivity index (χ1v) is 13.2. The van der Waals surface area contributed by atoms with Crippen LogP contribution in [-0.2, 0) is 14.8 Å². The number of carbonyl (C=O) groups is 1. The Labute approximate surface area is 203 Å². The lowest BCUT2D eigenvalue weighted by Crippen LogP contribution is -2.41. The number of sulfonamides is 1. The van der Waals surface area contributed by atoms with E-state index in [0.717, 1.165) is 35.8 Å². The highest BCUT2D eigenvalue weighted by Crippen LogP contribution is 2.31. The smallest absolute Gasteiger partial charge is 0.245 e. The average molecular weight is 502 g/mol. The Morgan fingerprint density at radius 2 is 1.76 bits per heavy atom. The fourth-order valence-corrected chi connectivity index (χ4v) is 6.03. The molecule has 6 nitrogen and oxygen atoms in total. The topological polar surface area (TPSA) is 69.7 Å². The van der Waals surface area contributed by atoms with Crippen molar-refractivity contribution in [3.05, 3.63) is 71.0 Å². The van der Waals surface area contributed by atoms with Gasteiger partial charge in [-0.3, -0.25) is 9.69 Å². The van der Waals surface area contributed by atoms with Crippen molar-refractivity contribution in [1.82, 2.24) is 9.62 Å². The number of fused-ring (bicyclic) bond motifs is 1. The van der Waals surface area contributed by atoms with Gasteiger partial charge in [-0.25, -0.2) is 12.8 Å². The van der Waals surface area contributed by atoms with E-state index in [1.807, 2.05) is 13.0 Å². The Kier molecular flexibility index (Phi) is 6.10. The highest BCUT2D eigenvalue weighted by molar-refractivity contribution is 7.89. The van der Waals surface area contributed by atoms with E-state index >= 15 is 0 Å². The van der Waals surface area contributed by atoms with Crippen LogP contribution in [-0.4, -0.2) is 44.9 Å². The van der Waals surface area contributed by atoms with Crippen LogP contribution in [0.1, 0.15) is 31.4 Å². The van der Waals surface area contributed by atoms with E-state index in [0.29, 0.717) is 5.02 Å². The molecule has 2 atom stereocenters. The predicted molar refractivity (Wildman–Crippen MR) is 131 cm³/mol. The first-order chi connectivity index (χ1) is 16.2. The molecule has 5 rings (SSSR count). The highest BCUT2D eigenvalue weighted by Gasteiger charge is 2.37. The molecule has 2 aliphatic rings. The van der Waals surface area contributed by atoms with Gasteiger partial charge in [0.2, 0.25) is 15.9 Å². The zero-order chi connectivity index (χ0) is 24.0. The molecule has 2 saturated heterocycles. The van der Waals surface area contributed by atoms with Crippen molar-refractivity contribution in [2.75, 3.05) is 24.5 Å². The van der Waals surface area contributed by atoms with Crippen molar-refractivity contribution in [1.29, 1.82) is 0 Å². The Hall–Kier alpha value is -2.52. The number of hydrogen-bond donors (Lipinski definition) is 1. The SMILES string of the molecule is CC(c1ccc(N2CC[C@H](NS(=O)(=O)c3ccc4cc(Cl)ccc4c3)C2=O)c(F)c1)N1CCC1. The van der Waals surface area contributed by atoms with Gasteiger partial charge in [-0.15, -0.1) is 0 Å². The molecule has 0 radical (unpaired) electrons. The van der Waals surface area contributed by atoms with Crippen molar-refractivity contribution in [2.45, 2.75) is 36.7 Å². The third-order valence-corrected chi connectivity index (χ3v) is 8.47. The summed E-state index contributed by atoms with van der Waals surface area (Å²) in [5, 5.41) is 2.10. The molecule has 9 heteroatoms. The second kappa shape index (κ2) is 8.92. The fraction of sp³-hybridized carbons (Fsp3) is 0.320. The Morgan fingerprint density at radius 1 is 1.03 bits per heavy atom. The minimum atomic E-state index is -3.95. The van der Waals surface area contributed by atoms with E-state index in [9.17, 15) is 17.6 Å². The van der Waals surface area contributed by atoms with Crippen molar-refractivity contribution in [3.63, 3.8) is 0 Å². The molecular formula is C25H25ClFN3O3S. The third-order valence-electron chi connectivity index (χ3n) is 6.77. The van der Waals surface area contributed by atoms with Crippen LogP contribution >= 0.6 is 11.6 Å². The Bertz CT molecular complexity index is 1380. The van der Waals surface area contributed by atoms with E-state index in [1.165, 1.54) is 17.0 Å². The third kappa shape index (κ3) is 4.31. The molecule has 2 fully saturated rings. The maximum absolute atomic E-state index is 15.0. The molecule has 2 heterocycles. The maximum Gasteiger partial charge on any atom is 0.245 e. The van der Waals surface area contributed by atoms with Crippen LogP contribution in [0, 0.1) is 5.82 Å². The second-order valence-corrected chi connectivity index (χ2v) is 11.0. The normalized spacial score (nSPS) is 20.0. The Balaban J connectivity index is 1.32. The molecule has 1 amide bonds. The van der Waals surface area contributed by atoms with Crippen molar-refractivity contribution < 1.29 is 17.6 Å². The number of benzene rings is 3. The van der Waals surface area contributed by atoms with Crippen LogP contribution in [0.2, 0.25) is 5.02 Å². The monoisotopic (exact) mass is 501 g/mol. The number of anilines is 1. The Morgan fingerprint density at radius 3 is 2.47 bits per heavy atom. The summed E-state index contributed by atoms with van der Waals surface area (Å²) in [6.07, 6.45) is 1.41. The van der Waals surface area contributed by atoms with Crippen LogP contribution in [0.4, 0.5) is 10.1 Å². The molecule has 3 aromatic rings. The molecule has 178 valence electrons. The number of hydrogen-bond acceptors (Lipinski definition) is 4. The van der Waals surface area contributed by atoms with Gasteiger partial charge in [0.1, 0.15) is 11.9 Å². The van der Waals surface area contributed by atoms with Gasteiger partial charge in [0.05, 0.1) is 10.6 Å². The maximum atomic E-state index is 15.0. The van der Waals surface area contributed by atoms with Crippen molar-refractivity contribution in [2.24, 2.45) is 0 Å². The van der Waals surface area contributed by atoms with Gasteiger partial charge in [0, 0.05) is 17.6 Å². The van der Waals surface area contributed by atoms with Gasteiger partial charge >= 0.3 is 0 Å². The molecule has 3 aromatic carbocycles. The molecule has 0 bridgehead atoms. The minimum absolute atomic E-state index is 0.0593. The minimum Gasteiger partial charge on any atom is -0.308 e. The predicted octanol–water partition coefficient (Wildman–Crippen LogP) is 4.48. The lowest BCUT2D eigenvalue weighted by molar-refractivity contribution is -0.118. The second-order valence-electron chi connectivity index (χ2n) is 8.88. The average Bonchev–Trinajstić information content (AvgIpc) is 3.11. The largest absolute Gasteiger partial charge is 0.308 e. The molecule has 0 aromatic heterocycles. The van der Waals surface area contributed by atoms with Gasteiger partial charge in [-0.2, -0.15) is 4.72 Å². The first-order valence-electron chi connectivity index (χ1n) is 11.3. The lowest BCUT2D eigenvalue weighted by atomic mass is 10.0. The summed E-state index contributed by atoms with van der Waals surface area (Å²) in [5.41, 5.74) is 1.04.